The monoisotopic (exact) mass is 491 g/mol. The molecule has 2 aromatic rings. The summed E-state index contributed by atoms with van der Waals surface area (Å²) in [5, 5.41) is 3.05. The Labute approximate surface area is 211 Å². The SMILES string of the molecule is CN1CC(=O)N[C@H]2CN(C(=O)C3CC3)CC[C@H]2OCc2cccc(c2)Oc2cccc(c2)CCC1=O. The van der Waals surface area contributed by atoms with Crippen molar-refractivity contribution < 1.29 is 23.9 Å². The second-order valence-electron chi connectivity index (χ2n) is 10.0. The second kappa shape index (κ2) is 10.7. The van der Waals surface area contributed by atoms with Crippen LogP contribution in [0.15, 0.2) is 48.5 Å². The van der Waals surface area contributed by atoms with Crippen LogP contribution in [0.1, 0.15) is 36.8 Å². The Morgan fingerprint density at radius 1 is 0.972 bits per heavy atom. The third kappa shape index (κ3) is 6.05. The zero-order valence-electron chi connectivity index (χ0n) is 20.7. The molecule has 3 aliphatic rings. The normalized spacial score (nSPS) is 23.6. The minimum atomic E-state index is -0.337. The number of nitrogens with zero attached hydrogens (tertiary/aromatic N) is 2. The molecule has 8 heteroatoms. The zero-order valence-corrected chi connectivity index (χ0v) is 20.7. The number of carbonyl (C=O) groups is 3. The fourth-order valence-corrected chi connectivity index (χ4v) is 4.86. The van der Waals surface area contributed by atoms with Crippen LogP contribution in [0.2, 0.25) is 0 Å². The summed E-state index contributed by atoms with van der Waals surface area (Å²) in [5.41, 5.74) is 1.96. The minimum Gasteiger partial charge on any atom is -0.457 e. The summed E-state index contributed by atoms with van der Waals surface area (Å²) in [6.45, 7) is 1.36. The van der Waals surface area contributed by atoms with Crippen molar-refractivity contribution in [2.24, 2.45) is 5.92 Å². The van der Waals surface area contributed by atoms with E-state index in [0.717, 1.165) is 24.0 Å². The minimum absolute atomic E-state index is 0.0379. The predicted molar refractivity (Wildman–Crippen MR) is 133 cm³/mol. The highest BCUT2D eigenvalue weighted by Gasteiger charge is 2.39. The average molecular weight is 492 g/mol. The summed E-state index contributed by atoms with van der Waals surface area (Å²) in [4.78, 5) is 41.6. The molecule has 0 radical (unpaired) electrons. The van der Waals surface area contributed by atoms with Gasteiger partial charge in [0.1, 0.15) is 11.5 Å². The molecule has 0 aromatic heterocycles. The molecule has 0 unspecified atom stereocenters. The van der Waals surface area contributed by atoms with Gasteiger partial charge in [0.25, 0.3) is 0 Å². The van der Waals surface area contributed by atoms with Crippen LogP contribution in [0.4, 0.5) is 0 Å². The van der Waals surface area contributed by atoms with Crippen molar-refractivity contribution in [3.63, 3.8) is 0 Å². The van der Waals surface area contributed by atoms with Crippen LogP contribution in [0.5, 0.6) is 11.5 Å². The number of fused-ring (bicyclic) bond motifs is 5. The maximum absolute atomic E-state index is 12.9. The summed E-state index contributed by atoms with van der Waals surface area (Å²) in [6, 6.07) is 15.1. The summed E-state index contributed by atoms with van der Waals surface area (Å²) in [5.74, 6) is 1.36. The molecule has 4 bridgehead atoms. The molecule has 2 aromatic carbocycles. The Kier molecular flexibility index (Phi) is 7.23. The van der Waals surface area contributed by atoms with Gasteiger partial charge in [-0.05, 0) is 61.1 Å². The molecule has 1 saturated heterocycles. The van der Waals surface area contributed by atoms with Crippen LogP contribution in [0, 0.1) is 5.92 Å². The lowest BCUT2D eigenvalue weighted by Gasteiger charge is -2.39. The van der Waals surface area contributed by atoms with E-state index >= 15 is 0 Å². The Morgan fingerprint density at radius 3 is 2.44 bits per heavy atom. The molecule has 2 fully saturated rings. The summed E-state index contributed by atoms with van der Waals surface area (Å²) < 4.78 is 12.4. The molecular weight excluding hydrogens is 458 g/mol. The van der Waals surface area contributed by atoms with Gasteiger partial charge in [-0.15, -0.1) is 0 Å². The second-order valence-corrected chi connectivity index (χ2v) is 10.0. The lowest BCUT2D eigenvalue weighted by atomic mass is 10.0. The molecule has 1 aliphatic carbocycles. The first kappa shape index (κ1) is 24.3. The topological polar surface area (TPSA) is 88.2 Å². The first-order chi connectivity index (χ1) is 17.4. The Morgan fingerprint density at radius 2 is 1.69 bits per heavy atom. The predicted octanol–water partition coefficient (Wildman–Crippen LogP) is 2.90. The number of nitrogens with one attached hydrogen (secondary N) is 1. The fraction of sp³-hybridized carbons (Fsp3) is 0.464. The summed E-state index contributed by atoms with van der Waals surface area (Å²) >= 11 is 0. The number of rotatable bonds is 1. The van der Waals surface area contributed by atoms with Gasteiger partial charge in [-0.1, -0.05) is 24.3 Å². The van der Waals surface area contributed by atoms with Gasteiger partial charge in [-0.25, -0.2) is 0 Å². The number of hydrogen-bond donors (Lipinski definition) is 1. The maximum atomic E-state index is 12.9. The van der Waals surface area contributed by atoms with E-state index < -0.39 is 0 Å². The number of ether oxygens (including phenoxy) is 2. The highest BCUT2D eigenvalue weighted by molar-refractivity contribution is 5.85. The van der Waals surface area contributed by atoms with Crippen molar-refractivity contribution in [1.82, 2.24) is 15.1 Å². The van der Waals surface area contributed by atoms with Crippen molar-refractivity contribution in [2.75, 3.05) is 26.7 Å². The van der Waals surface area contributed by atoms with Crippen LogP contribution in [-0.2, 0) is 32.1 Å². The van der Waals surface area contributed by atoms with E-state index in [9.17, 15) is 14.4 Å². The Bertz CT molecular complexity index is 1130. The van der Waals surface area contributed by atoms with Crippen LogP contribution >= 0.6 is 0 Å². The molecule has 2 heterocycles. The molecule has 190 valence electrons. The summed E-state index contributed by atoms with van der Waals surface area (Å²) in [6.07, 6.45) is 3.14. The van der Waals surface area contributed by atoms with Crippen LogP contribution in [-0.4, -0.2) is 66.3 Å². The number of piperidine rings is 1. The van der Waals surface area contributed by atoms with E-state index in [4.69, 9.17) is 9.47 Å². The highest BCUT2D eigenvalue weighted by atomic mass is 16.5. The molecule has 5 rings (SSSR count). The number of likely N-dealkylation sites (N-methyl/N-ethyl adjacent to an activating group) is 1. The van der Waals surface area contributed by atoms with E-state index in [1.807, 2.05) is 53.4 Å². The van der Waals surface area contributed by atoms with Crippen LogP contribution < -0.4 is 10.1 Å². The highest BCUT2D eigenvalue weighted by Crippen LogP contribution is 2.32. The lowest BCUT2D eigenvalue weighted by molar-refractivity contribution is -0.139. The number of benzene rings is 2. The zero-order chi connectivity index (χ0) is 25.1. The van der Waals surface area contributed by atoms with Crippen molar-refractivity contribution in [2.45, 2.75) is 50.9 Å². The maximum Gasteiger partial charge on any atom is 0.239 e. The number of hydrogen-bond acceptors (Lipinski definition) is 5. The fourth-order valence-electron chi connectivity index (χ4n) is 4.86. The first-order valence-electron chi connectivity index (χ1n) is 12.7. The van der Waals surface area contributed by atoms with Crippen LogP contribution in [0.25, 0.3) is 0 Å². The van der Waals surface area contributed by atoms with Gasteiger partial charge in [0, 0.05) is 32.5 Å². The first-order valence-corrected chi connectivity index (χ1v) is 12.7. The van der Waals surface area contributed by atoms with E-state index in [0.29, 0.717) is 50.5 Å². The van der Waals surface area contributed by atoms with Crippen molar-refractivity contribution in [3.8, 4) is 11.5 Å². The van der Waals surface area contributed by atoms with Crippen molar-refractivity contribution >= 4 is 17.7 Å². The number of likely N-dealkylation sites (tertiary alicyclic amines) is 1. The molecule has 2 atom stereocenters. The number of carbonyl (C=O) groups excluding carboxylic acids is 3. The number of aryl methyl sites for hydroxylation is 1. The molecule has 3 amide bonds. The van der Waals surface area contributed by atoms with E-state index in [2.05, 4.69) is 5.32 Å². The standard InChI is InChI=1S/C28H33N3O5/c1-30-17-26(32)29-24-16-31(28(34)21-9-10-21)13-12-25(24)35-18-20-5-3-7-23(15-20)36-22-6-2-4-19(14-22)8-11-27(30)33/h2-7,14-15,21,24-25H,8-13,16-18H2,1H3,(H,29,32)/t24-,25+/m0/s1. The lowest BCUT2D eigenvalue weighted by Crippen LogP contribution is -2.58. The van der Waals surface area contributed by atoms with E-state index in [1.165, 1.54) is 4.90 Å². The Hall–Kier alpha value is -3.39. The van der Waals surface area contributed by atoms with Gasteiger partial charge in [0.05, 0.1) is 25.3 Å². The van der Waals surface area contributed by atoms with E-state index in [-0.39, 0.29) is 42.3 Å². The smallest absolute Gasteiger partial charge is 0.239 e. The van der Waals surface area contributed by atoms with Gasteiger partial charge in [-0.3, -0.25) is 14.4 Å². The largest absolute Gasteiger partial charge is 0.457 e. The van der Waals surface area contributed by atoms with Crippen LogP contribution in [0.3, 0.4) is 0 Å². The molecule has 1 N–H and O–H groups in total. The molecule has 36 heavy (non-hydrogen) atoms. The van der Waals surface area contributed by atoms with Gasteiger partial charge < -0.3 is 24.6 Å². The van der Waals surface area contributed by atoms with Crippen molar-refractivity contribution in [1.29, 1.82) is 0 Å². The summed E-state index contributed by atoms with van der Waals surface area (Å²) in [7, 11) is 1.64. The third-order valence-electron chi connectivity index (χ3n) is 7.06. The Balaban J connectivity index is 1.36. The molecule has 2 aliphatic heterocycles. The average Bonchev–Trinajstić information content (AvgIpc) is 3.71. The van der Waals surface area contributed by atoms with E-state index in [1.54, 1.807) is 7.05 Å². The van der Waals surface area contributed by atoms with Gasteiger partial charge >= 0.3 is 0 Å². The molecule has 1 saturated carbocycles. The van der Waals surface area contributed by atoms with Gasteiger partial charge in [0.15, 0.2) is 0 Å². The molecule has 0 spiro atoms. The van der Waals surface area contributed by atoms with Gasteiger partial charge in [0.2, 0.25) is 17.7 Å². The quantitative estimate of drug-likeness (QED) is 0.663. The van der Waals surface area contributed by atoms with Gasteiger partial charge in [-0.2, -0.15) is 0 Å². The third-order valence-corrected chi connectivity index (χ3v) is 7.06. The number of amides is 3. The molecular formula is C28H33N3O5. The van der Waals surface area contributed by atoms with Crippen molar-refractivity contribution in [3.05, 3.63) is 59.7 Å². The molecule has 8 nitrogen and oxygen atoms in total.